The molecule has 0 aliphatic rings. The number of hydrogen-bond donors (Lipinski definition) is 0. The molecule has 0 fully saturated rings. The van der Waals surface area contributed by atoms with Crippen LogP contribution < -0.4 is 14.2 Å². The van der Waals surface area contributed by atoms with Crippen LogP contribution in [0.25, 0.3) is 6.08 Å². The molecule has 35 heavy (non-hydrogen) atoms. The number of ether oxygens (including phenoxy) is 4. The molecule has 0 saturated carbocycles. The minimum atomic E-state index is -0.341. The van der Waals surface area contributed by atoms with Gasteiger partial charge in [-0.25, -0.2) is 4.79 Å². The summed E-state index contributed by atoms with van der Waals surface area (Å²) < 4.78 is 23.8. The molecular formula is C30H50O5. The van der Waals surface area contributed by atoms with Gasteiger partial charge in [0.25, 0.3) is 0 Å². The van der Waals surface area contributed by atoms with Crippen molar-refractivity contribution in [3.63, 3.8) is 0 Å². The van der Waals surface area contributed by atoms with E-state index in [1.54, 1.807) is 6.08 Å². The zero-order valence-corrected chi connectivity index (χ0v) is 22.9. The summed E-state index contributed by atoms with van der Waals surface area (Å²) in [7, 11) is 0. The van der Waals surface area contributed by atoms with Crippen molar-refractivity contribution < 1.29 is 23.7 Å². The number of carbonyl (C=O) groups excluding carboxylic acids is 1. The quantitative estimate of drug-likeness (QED) is 0.0926. The van der Waals surface area contributed by atoms with E-state index in [1.165, 1.54) is 44.6 Å². The van der Waals surface area contributed by atoms with Gasteiger partial charge in [-0.05, 0) is 49.5 Å². The molecule has 0 radical (unpaired) electrons. The van der Waals surface area contributed by atoms with Crippen LogP contribution in [0.1, 0.15) is 117 Å². The molecule has 0 N–H and O–H groups in total. The van der Waals surface area contributed by atoms with E-state index < -0.39 is 0 Å². The fraction of sp³-hybridized carbons (Fsp3) is 0.700. The molecule has 0 amide bonds. The lowest BCUT2D eigenvalue weighted by Gasteiger charge is -2.18. The van der Waals surface area contributed by atoms with Crippen LogP contribution in [0.15, 0.2) is 18.2 Å². The molecule has 0 aliphatic carbocycles. The van der Waals surface area contributed by atoms with E-state index in [2.05, 4.69) is 20.8 Å². The van der Waals surface area contributed by atoms with Crippen molar-refractivity contribution in [2.75, 3.05) is 26.4 Å². The van der Waals surface area contributed by atoms with Crippen LogP contribution in [-0.4, -0.2) is 32.4 Å². The maximum Gasteiger partial charge on any atom is 0.330 e. The van der Waals surface area contributed by atoms with Gasteiger partial charge in [0.2, 0.25) is 5.75 Å². The van der Waals surface area contributed by atoms with Crippen molar-refractivity contribution in [2.45, 2.75) is 111 Å². The average Bonchev–Trinajstić information content (AvgIpc) is 2.86. The van der Waals surface area contributed by atoms with Crippen molar-refractivity contribution in [2.24, 2.45) is 0 Å². The Labute approximate surface area is 214 Å². The normalized spacial score (nSPS) is 11.1. The molecule has 0 atom stereocenters. The van der Waals surface area contributed by atoms with Crippen molar-refractivity contribution in [3.8, 4) is 17.2 Å². The second kappa shape index (κ2) is 21.1. The third-order valence-electron chi connectivity index (χ3n) is 5.66. The SMILES string of the molecule is CCCCCCOc1cc(C=CC(=O)OCCC)cc(OCCCCCC)c1OCCCCCC. The van der Waals surface area contributed by atoms with E-state index in [-0.39, 0.29) is 5.97 Å². The van der Waals surface area contributed by atoms with Gasteiger partial charge in [0.05, 0.1) is 26.4 Å². The van der Waals surface area contributed by atoms with Crippen LogP contribution in [-0.2, 0) is 9.53 Å². The molecule has 0 spiro atoms. The summed E-state index contributed by atoms with van der Waals surface area (Å²) in [6.45, 7) is 10.9. The summed E-state index contributed by atoms with van der Waals surface area (Å²) in [6.07, 6.45) is 17.7. The van der Waals surface area contributed by atoms with E-state index >= 15 is 0 Å². The maximum absolute atomic E-state index is 12.0. The molecule has 0 aliphatic heterocycles. The van der Waals surface area contributed by atoms with E-state index in [0.29, 0.717) is 43.7 Å². The van der Waals surface area contributed by atoms with Crippen molar-refractivity contribution in [1.29, 1.82) is 0 Å². The third-order valence-corrected chi connectivity index (χ3v) is 5.66. The number of carbonyl (C=O) groups is 1. The summed E-state index contributed by atoms with van der Waals surface area (Å²) in [5.74, 6) is 1.71. The highest BCUT2D eigenvalue weighted by Crippen LogP contribution is 2.40. The van der Waals surface area contributed by atoms with Crippen LogP contribution in [0.5, 0.6) is 17.2 Å². The minimum Gasteiger partial charge on any atom is -0.490 e. The summed E-state index contributed by atoms with van der Waals surface area (Å²) in [4.78, 5) is 12.0. The molecule has 0 unspecified atom stereocenters. The first-order chi connectivity index (χ1) is 17.2. The fourth-order valence-electron chi connectivity index (χ4n) is 3.59. The van der Waals surface area contributed by atoms with Crippen LogP contribution in [0.2, 0.25) is 0 Å². The predicted molar refractivity (Wildman–Crippen MR) is 146 cm³/mol. The molecular weight excluding hydrogens is 440 g/mol. The summed E-state index contributed by atoms with van der Waals surface area (Å²) in [5.41, 5.74) is 0.837. The van der Waals surface area contributed by atoms with Gasteiger partial charge in [-0.3, -0.25) is 0 Å². The first-order valence-corrected chi connectivity index (χ1v) is 14.1. The summed E-state index contributed by atoms with van der Waals surface area (Å²) >= 11 is 0. The van der Waals surface area contributed by atoms with Crippen molar-refractivity contribution in [1.82, 2.24) is 0 Å². The topological polar surface area (TPSA) is 54.0 Å². The smallest absolute Gasteiger partial charge is 0.330 e. The minimum absolute atomic E-state index is 0.341. The molecule has 1 aromatic carbocycles. The Hall–Kier alpha value is -2.17. The Morgan fingerprint density at radius 3 is 1.57 bits per heavy atom. The van der Waals surface area contributed by atoms with E-state index in [4.69, 9.17) is 18.9 Å². The number of hydrogen-bond acceptors (Lipinski definition) is 5. The van der Waals surface area contributed by atoms with E-state index in [9.17, 15) is 4.79 Å². The maximum atomic E-state index is 12.0. The monoisotopic (exact) mass is 490 g/mol. The Balaban J connectivity index is 3.07. The van der Waals surface area contributed by atoms with Gasteiger partial charge in [-0.2, -0.15) is 0 Å². The van der Waals surface area contributed by atoms with Crippen molar-refractivity contribution >= 4 is 12.0 Å². The van der Waals surface area contributed by atoms with Crippen LogP contribution in [0.4, 0.5) is 0 Å². The molecule has 5 heteroatoms. The lowest BCUT2D eigenvalue weighted by atomic mass is 10.1. The first-order valence-electron chi connectivity index (χ1n) is 14.1. The fourth-order valence-corrected chi connectivity index (χ4v) is 3.59. The highest BCUT2D eigenvalue weighted by atomic mass is 16.5. The van der Waals surface area contributed by atoms with Crippen LogP contribution in [0.3, 0.4) is 0 Å². The summed E-state index contributed by atoms with van der Waals surface area (Å²) in [5, 5.41) is 0. The Morgan fingerprint density at radius 1 is 0.629 bits per heavy atom. The Morgan fingerprint density at radius 2 is 1.11 bits per heavy atom. The number of rotatable bonds is 22. The number of esters is 1. The zero-order chi connectivity index (χ0) is 25.6. The van der Waals surface area contributed by atoms with E-state index in [0.717, 1.165) is 50.5 Å². The predicted octanol–water partition coefficient (Wildman–Crippen LogP) is 8.53. The second-order valence-corrected chi connectivity index (χ2v) is 9.07. The third kappa shape index (κ3) is 14.7. The van der Waals surface area contributed by atoms with Gasteiger partial charge in [-0.1, -0.05) is 85.5 Å². The highest BCUT2D eigenvalue weighted by Gasteiger charge is 2.16. The Kier molecular flexibility index (Phi) is 18.6. The van der Waals surface area contributed by atoms with E-state index in [1.807, 2.05) is 19.1 Å². The molecule has 0 bridgehead atoms. The average molecular weight is 491 g/mol. The molecule has 0 saturated heterocycles. The van der Waals surface area contributed by atoms with Gasteiger partial charge in [0.1, 0.15) is 0 Å². The lowest BCUT2D eigenvalue weighted by molar-refractivity contribution is -0.137. The molecule has 0 aromatic heterocycles. The number of benzene rings is 1. The van der Waals surface area contributed by atoms with Gasteiger partial charge >= 0.3 is 5.97 Å². The van der Waals surface area contributed by atoms with Gasteiger partial charge in [0.15, 0.2) is 11.5 Å². The molecule has 200 valence electrons. The van der Waals surface area contributed by atoms with Crippen molar-refractivity contribution in [3.05, 3.63) is 23.8 Å². The lowest BCUT2D eigenvalue weighted by Crippen LogP contribution is -2.07. The summed E-state index contributed by atoms with van der Waals surface area (Å²) in [6, 6.07) is 3.88. The standard InChI is InChI=1S/C30H50O5/c1-5-9-12-15-21-32-27-24-26(18-19-29(31)34-20-8-4)25-28(33-22-16-13-10-6-2)30(27)35-23-17-14-11-7-3/h18-19,24-25H,5-17,20-23H2,1-4H3. The molecule has 1 rings (SSSR count). The highest BCUT2D eigenvalue weighted by molar-refractivity contribution is 5.87. The Bertz CT molecular complexity index is 663. The van der Waals surface area contributed by atoms with Crippen LogP contribution in [0, 0.1) is 0 Å². The molecule has 0 heterocycles. The zero-order valence-electron chi connectivity index (χ0n) is 22.9. The largest absolute Gasteiger partial charge is 0.490 e. The van der Waals surface area contributed by atoms with Gasteiger partial charge in [-0.15, -0.1) is 0 Å². The number of unbranched alkanes of at least 4 members (excludes halogenated alkanes) is 9. The molecule has 1 aromatic rings. The second-order valence-electron chi connectivity index (χ2n) is 9.07. The van der Waals surface area contributed by atoms with Gasteiger partial charge < -0.3 is 18.9 Å². The first kappa shape index (κ1) is 30.9. The van der Waals surface area contributed by atoms with Gasteiger partial charge in [0, 0.05) is 6.08 Å². The molecule has 5 nitrogen and oxygen atoms in total. The van der Waals surface area contributed by atoms with Crippen LogP contribution >= 0.6 is 0 Å².